The molecular weight excluding hydrogens is 383 g/mol. The molecule has 0 radical (unpaired) electrons. The third-order valence-electron chi connectivity index (χ3n) is 6.48. The van der Waals surface area contributed by atoms with Gasteiger partial charge in [-0.1, -0.05) is 24.3 Å². The van der Waals surface area contributed by atoms with Crippen LogP contribution in [0.3, 0.4) is 0 Å². The van der Waals surface area contributed by atoms with E-state index in [0.717, 1.165) is 36.3 Å². The van der Waals surface area contributed by atoms with Gasteiger partial charge < -0.3 is 14.7 Å². The minimum Gasteiger partial charge on any atom is -0.497 e. The summed E-state index contributed by atoms with van der Waals surface area (Å²) >= 11 is 0. The average molecular weight is 413 g/mol. The second-order valence-corrected chi connectivity index (χ2v) is 8.38. The molecule has 6 heteroatoms. The summed E-state index contributed by atoms with van der Waals surface area (Å²) in [4.78, 5) is 16.9. The molecule has 0 spiro atoms. The Morgan fingerprint density at radius 1 is 1.13 bits per heavy atom. The molecule has 0 bridgehead atoms. The number of nitrogens with zero attached hydrogens (tertiary/aromatic N) is 2. The number of carbonyl (C=O) groups excluding carboxylic acids is 1. The second kappa shape index (κ2) is 8.74. The lowest BCUT2D eigenvalue weighted by atomic mass is 9.86. The number of aliphatic hydroxyl groups is 1. The number of methoxy groups -OCH3 is 1. The van der Waals surface area contributed by atoms with Crippen LogP contribution in [-0.4, -0.2) is 59.7 Å². The summed E-state index contributed by atoms with van der Waals surface area (Å²) < 4.78 is 19.0. The van der Waals surface area contributed by atoms with E-state index in [0.29, 0.717) is 25.2 Å². The van der Waals surface area contributed by atoms with Gasteiger partial charge in [0.2, 0.25) is 5.91 Å². The molecule has 3 unspecified atom stereocenters. The highest BCUT2D eigenvalue weighted by Gasteiger charge is 2.40. The van der Waals surface area contributed by atoms with Gasteiger partial charge in [-0.2, -0.15) is 0 Å². The average Bonchev–Trinajstić information content (AvgIpc) is 3.11. The van der Waals surface area contributed by atoms with Crippen molar-refractivity contribution in [2.75, 3.05) is 26.7 Å². The monoisotopic (exact) mass is 412 g/mol. The zero-order valence-electron chi connectivity index (χ0n) is 17.6. The summed E-state index contributed by atoms with van der Waals surface area (Å²) in [5.74, 6) is 0.705. The Bertz CT molecular complexity index is 902. The van der Waals surface area contributed by atoms with Gasteiger partial charge in [0.1, 0.15) is 11.6 Å². The van der Waals surface area contributed by atoms with Gasteiger partial charge in [0.05, 0.1) is 19.3 Å². The molecule has 0 saturated carbocycles. The van der Waals surface area contributed by atoms with Crippen LogP contribution < -0.4 is 4.74 Å². The first-order valence-electron chi connectivity index (χ1n) is 10.6. The van der Waals surface area contributed by atoms with E-state index in [1.54, 1.807) is 25.0 Å². The normalized spacial score (nSPS) is 25.0. The fraction of sp³-hybridized carbons (Fsp3) is 0.458. The van der Waals surface area contributed by atoms with Crippen LogP contribution in [0, 0.1) is 12.7 Å². The second-order valence-electron chi connectivity index (χ2n) is 8.38. The number of amides is 1. The Morgan fingerprint density at radius 3 is 2.57 bits per heavy atom. The molecule has 2 aliphatic rings. The van der Waals surface area contributed by atoms with Gasteiger partial charge in [0.15, 0.2) is 0 Å². The molecule has 2 saturated heterocycles. The third-order valence-corrected chi connectivity index (χ3v) is 6.48. The van der Waals surface area contributed by atoms with Crippen LogP contribution in [0.2, 0.25) is 0 Å². The van der Waals surface area contributed by atoms with E-state index in [1.165, 1.54) is 6.07 Å². The van der Waals surface area contributed by atoms with Gasteiger partial charge in [-0.3, -0.25) is 9.69 Å². The molecule has 2 aliphatic heterocycles. The number of aliphatic hydroxyl groups excluding tert-OH is 1. The lowest BCUT2D eigenvalue weighted by molar-refractivity contribution is -0.133. The molecular formula is C24H29FN2O3. The van der Waals surface area contributed by atoms with Crippen molar-refractivity contribution in [2.45, 2.75) is 44.4 Å². The molecule has 1 N–H and O–H groups in total. The minimum atomic E-state index is -0.514. The third kappa shape index (κ3) is 4.20. The Morgan fingerprint density at radius 2 is 1.90 bits per heavy atom. The number of benzene rings is 2. The maximum absolute atomic E-state index is 13.8. The maximum Gasteiger partial charge on any atom is 0.240 e. The fourth-order valence-corrected chi connectivity index (χ4v) is 4.65. The molecule has 2 aromatic carbocycles. The van der Waals surface area contributed by atoms with E-state index >= 15 is 0 Å². The summed E-state index contributed by atoms with van der Waals surface area (Å²) in [6.07, 6.45) is 1.04. The van der Waals surface area contributed by atoms with Crippen LogP contribution in [0.25, 0.3) is 0 Å². The standard InChI is InChI=1S/C24H29FN2O3/c1-16-3-4-17(13-21(16)25)14-27-12-10-22(24(27)29)26-11-9-20(23(28)15-26)18-5-7-19(30-2)8-6-18/h3-8,13,20,22-23,28H,9-12,14-15H2,1-2H3. The Labute approximate surface area is 177 Å². The van der Waals surface area contributed by atoms with Crippen LogP contribution in [0.1, 0.15) is 35.4 Å². The molecule has 30 heavy (non-hydrogen) atoms. The number of hydrogen-bond donors (Lipinski definition) is 1. The number of likely N-dealkylation sites (tertiary alicyclic amines) is 2. The van der Waals surface area contributed by atoms with Crippen LogP contribution in [-0.2, 0) is 11.3 Å². The predicted molar refractivity (Wildman–Crippen MR) is 113 cm³/mol. The number of aryl methyl sites for hydroxylation is 1. The molecule has 0 aromatic heterocycles. The van der Waals surface area contributed by atoms with E-state index < -0.39 is 6.10 Å². The van der Waals surface area contributed by atoms with Crippen LogP contribution in [0.5, 0.6) is 5.75 Å². The van der Waals surface area contributed by atoms with Crippen molar-refractivity contribution in [2.24, 2.45) is 0 Å². The number of carbonyl (C=O) groups is 1. The van der Waals surface area contributed by atoms with Crippen molar-refractivity contribution in [1.82, 2.24) is 9.80 Å². The first kappa shape index (κ1) is 20.8. The van der Waals surface area contributed by atoms with Crippen molar-refractivity contribution in [1.29, 1.82) is 0 Å². The zero-order valence-corrected chi connectivity index (χ0v) is 17.6. The number of ether oxygens (including phenoxy) is 1. The molecule has 1 amide bonds. The number of hydrogen-bond acceptors (Lipinski definition) is 4. The summed E-state index contributed by atoms with van der Waals surface area (Å²) in [7, 11) is 1.64. The van der Waals surface area contributed by atoms with Gasteiger partial charge >= 0.3 is 0 Å². The van der Waals surface area contributed by atoms with E-state index in [-0.39, 0.29) is 23.7 Å². The molecule has 160 valence electrons. The first-order chi connectivity index (χ1) is 14.5. The van der Waals surface area contributed by atoms with Crippen molar-refractivity contribution in [3.8, 4) is 5.75 Å². The lowest BCUT2D eigenvalue weighted by Crippen LogP contribution is -2.50. The van der Waals surface area contributed by atoms with Crippen molar-refractivity contribution >= 4 is 5.91 Å². The van der Waals surface area contributed by atoms with E-state index in [2.05, 4.69) is 4.90 Å². The molecule has 3 atom stereocenters. The van der Waals surface area contributed by atoms with Crippen LogP contribution in [0.4, 0.5) is 4.39 Å². The van der Waals surface area contributed by atoms with E-state index in [9.17, 15) is 14.3 Å². The predicted octanol–water partition coefficient (Wildman–Crippen LogP) is 3.09. The summed E-state index contributed by atoms with van der Waals surface area (Å²) in [5.41, 5.74) is 2.52. The SMILES string of the molecule is COc1ccc(C2CCN(C3CCN(Cc4ccc(C)c(F)c4)C3=O)CC2O)cc1. The van der Waals surface area contributed by atoms with Crippen molar-refractivity contribution < 1.29 is 19.0 Å². The van der Waals surface area contributed by atoms with Gasteiger partial charge in [0, 0.05) is 25.6 Å². The highest BCUT2D eigenvalue weighted by molar-refractivity contribution is 5.84. The molecule has 5 nitrogen and oxygen atoms in total. The Kier molecular flexibility index (Phi) is 6.06. The van der Waals surface area contributed by atoms with Gasteiger partial charge in [0.25, 0.3) is 0 Å². The number of β-amino-alcohol motifs (C(OH)–C–C–N with tert-alkyl or cyclic N) is 1. The van der Waals surface area contributed by atoms with E-state index in [1.807, 2.05) is 30.3 Å². The van der Waals surface area contributed by atoms with Crippen molar-refractivity contribution in [3.63, 3.8) is 0 Å². The highest BCUT2D eigenvalue weighted by Crippen LogP contribution is 2.32. The summed E-state index contributed by atoms with van der Waals surface area (Å²) in [6.45, 7) is 4.08. The summed E-state index contributed by atoms with van der Waals surface area (Å²) in [6, 6.07) is 12.8. The van der Waals surface area contributed by atoms with E-state index in [4.69, 9.17) is 4.74 Å². The lowest BCUT2D eigenvalue weighted by Gasteiger charge is -2.38. The van der Waals surface area contributed by atoms with Crippen LogP contribution >= 0.6 is 0 Å². The van der Waals surface area contributed by atoms with Gasteiger partial charge in [-0.05, 0) is 61.2 Å². The topological polar surface area (TPSA) is 53.0 Å². The highest BCUT2D eigenvalue weighted by atomic mass is 19.1. The maximum atomic E-state index is 13.8. The first-order valence-corrected chi connectivity index (χ1v) is 10.6. The Hall–Kier alpha value is -2.44. The number of piperidine rings is 1. The molecule has 2 heterocycles. The molecule has 2 aromatic rings. The van der Waals surface area contributed by atoms with Gasteiger partial charge in [-0.25, -0.2) is 4.39 Å². The van der Waals surface area contributed by atoms with Crippen molar-refractivity contribution in [3.05, 3.63) is 65.0 Å². The molecule has 2 fully saturated rings. The quantitative estimate of drug-likeness (QED) is 0.820. The number of rotatable bonds is 5. The molecule has 4 rings (SSSR count). The molecule has 0 aliphatic carbocycles. The smallest absolute Gasteiger partial charge is 0.240 e. The summed E-state index contributed by atoms with van der Waals surface area (Å²) in [5, 5.41) is 10.8. The minimum absolute atomic E-state index is 0.0651. The fourth-order valence-electron chi connectivity index (χ4n) is 4.65. The largest absolute Gasteiger partial charge is 0.497 e. The number of halogens is 1. The van der Waals surface area contributed by atoms with Crippen LogP contribution in [0.15, 0.2) is 42.5 Å². The van der Waals surface area contributed by atoms with Gasteiger partial charge in [-0.15, -0.1) is 0 Å². The Balaban J connectivity index is 1.37. The zero-order chi connectivity index (χ0) is 21.3.